The number of hydrogen-bond acceptors (Lipinski definition) is 5. The maximum atomic E-state index is 4.87. The minimum Gasteiger partial charge on any atom is -0.244 e. The number of aliphatic imine (C=N–C) groups is 2. The minimum atomic E-state index is -0.236. The molecule has 0 aromatic rings. The Morgan fingerprint density at radius 1 is 1.60 bits per heavy atom. The van der Waals surface area contributed by atoms with Crippen molar-refractivity contribution in [2.75, 3.05) is 0 Å². The Hall–Kier alpha value is -1.17. The molecule has 0 spiro atoms. The fourth-order valence-electron chi connectivity index (χ4n) is 0.738. The first-order valence-corrected chi connectivity index (χ1v) is 3.09. The molecule has 1 unspecified atom stereocenters. The van der Waals surface area contributed by atoms with Gasteiger partial charge in [-0.05, 0) is 0 Å². The third-order valence-corrected chi connectivity index (χ3v) is 1.54. The summed E-state index contributed by atoms with van der Waals surface area (Å²) in [5.41, 5.74) is 2.62. The van der Waals surface area contributed by atoms with Crippen molar-refractivity contribution in [3.05, 3.63) is 0 Å². The molecule has 0 fully saturated rings. The molecule has 50 valence electrons. The number of thiocarbonyl (C=S) groups is 1. The van der Waals surface area contributed by atoms with Crippen molar-refractivity contribution >= 4 is 29.4 Å². The van der Waals surface area contributed by atoms with Crippen molar-refractivity contribution in [2.45, 2.75) is 6.04 Å². The second-order valence-electron chi connectivity index (χ2n) is 1.83. The minimum absolute atomic E-state index is 0.236. The molecule has 0 radical (unpaired) electrons. The highest BCUT2D eigenvalue weighted by atomic mass is 32.1. The van der Waals surface area contributed by atoms with Gasteiger partial charge in [0.25, 0.3) is 0 Å². The summed E-state index contributed by atoms with van der Waals surface area (Å²) in [5.74, 6) is 0.667. The zero-order valence-corrected chi connectivity index (χ0v) is 5.67. The molecule has 2 aliphatic rings. The summed E-state index contributed by atoms with van der Waals surface area (Å²) in [4.78, 5) is 8.19. The Labute approximate surface area is 61.9 Å². The first-order valence-electron chi connectivity index (χ1n) is 2.68. The maximum absolute atomic E-state index is 4.87. The van der Waals surface area contributed by atoms with E-state index in [1.165, 1.54) is 6.34 Å². The molecule has 0 aliphatic carbocycles. The lowest BCUT2D eigenvalue weighted by Gasteiger charge is -2.05. The average Bonchev–Trinajstić information content (AvgIpc) is 2.36. The normalized spacial score (nSPS) is 27.8. The van der Waals surface area contributed by atoms with E-state index in [2.05, 4.69) is 25.7 Å². The van der Waals surface area contributed by atoms with E-state index in [1.807, 2.05) is 0 Å². The summed E-state index contributed by atoms with van der Waals surface area (Å²) in [7, 11) is 0. The molecule has 1 N–H and O–H groups in total. The van der Waals surface area contributed by atoms with E-state index < -0.39 is 0 Å². The predicted molar refractivity (Wildman–Crippen MR) is 40.3 cm³/mol. The van der Waals surface area contributed by atoms with Gasteiger partial charge in [0.15, 0.2) is 11.9 Å². The smallest absolute Gasteiger partial charge is 0.184 e. The monoisotopic (exact) mass is 153 g/mol. The number of nitrogens with zero attached hydrogens (tertiary/aromatic N) is 4. The van der Waals surface area contributed by atoms with Gasteiger partial charge in [-0.1, -0.05) is 17.4 Å². The van der Waals surface area contributed by atoms with Crippen molar-refractivity contribution in [1.82, 2.24) is 5.43 Å². The van der Waals surface area contributed by atoms with E-state index in [-0.39, 0.29) is 6.04 Å². The molecule has 2 aliphatic heterocycles. The van der Waals surface area contributed by atoms with E-state index in [0.717, 1.165) is 0 Å². The van der Waals surface area contributed by atoms with Crippen molar-refractivity contribution in [1.29, 1.82) is 0 Å². The van der Waals surface area contributed by atoms with Crippen LogP contribution < -0.4 is 5.43 Å². The summed E-state index contributed by atoms with van der Waals surface area (Å²) in [5, 5.41) is 7.32. The molecule has 0 bridgehead atoms. The van der Waals surface area contributed by atoms with Crippen LogP contribution in [0.3, 0.4) is 0 Å². The average molecular weight is 153 g/mol. The number of rotatable bonds is 0. The van der Waals surface area contributed by atoms with Gasteiger partial charge >= 0.3 is 0 Å². The van der Waals surface area contributed by atoms with Gasteiger partial charge in [0.1, 0.15) is 11.3 Å². The summed E-state index contributed by atoms with van der Waals surface area (Å²) in [6, 6.07) is -0.236. The number of hydrogen-bond donors (Lipinski definition) is 1. The molecule has 0 aromatic carbocycles. The van der Waals surface area contributed by atoms with Gasteiger partial charge in [0, 0.05) is 0 Å². The lowest BCUT2D eigenvalue weighted by atomic mass is 10.3. The summed E-state index contributed by atoms with van der Waals surface area (Å²) >= 11 is 4.87. The van der Waals surface area contributed by atoms with Crippen LogP contribution in [0.1, 0.15) is 0 Å². The van der Waals surface area contributed by atoms with Gasteiger partial charge in [-0.3, -0.25) is 0 Å². The molecule has 6 heteroatoms. The molecule has 10 heavy (non-hydrogen) atoms. The van der Waals surface area contributed by atoms with Crippen LogP contribution >= 0.6 is 12.2 Å². The molecule has 2 heterocycles. The van der Waals surface area contributed by atoms with Crippen LogP contribution in [-0.4, -0.2) is 23.2 Å². The maximum Gasteiger partial charge on any atom is 0.184 e. The van der Waals surface area contributed by atoms with E-state index in [0.29, 0.717) is 10.8 Å². The molecule has 0 saturated heterocycles. The topological polar surface area (TPSA) is 61.5 Å². The zero-order valence-electron chi connectivity index (χ0n) is 4.85. The summed E-state index contributed by atoms with van der Waals surface area (Å²) in [6.45, 7) is 0. The predicted octanol–water partition coefficient (Wildman–Crippen LogP) is 0.0932. The second kappa shape index (κ2) is 1.91. The molecular formula is C4H3N5S. The van der Waals surface area contributed by atoms with Gasteiger partial charge in [0.05, 0.1) is 0 Å². The quantitative estimate of drug-likeness (QED) is 0.501. The first kappa shape index (κ1) is 5.60. The molecule has 2 rings (SSSR count). The van der Waals surface area contributed by atoms with Crippen molar-refractivity contribution in [3.8, 4) is 0 Å². The summed E-state index contributed by atoms with van der Waals surface area (Å²) in [6.07, 6.45) is 1.40. The molecule has 5 nitrogen and oxygen atoms in total. The van der Waals surface area contributed by atoms with Crippen LogP contribution in [0.25, 0.3) is 0 Å². The van der Waals surface area contributed by atoms with Crippen molar-refractivity contribution in [2.24, 2.45) is 20.3 Å². The SMILES string of the molecule is S=C1N=CN=C2NN=NC12. The Morgan fingerprint density at radius 2 is 2.50 bits per heavy atom. The largest absolute Gasteiger partial charge is 0.244 e. The number of amidine groups is 1. The summed E-state index contributed by atoms with van der Waals surface area (Å²) < 4.78 is 0. The van der Waals surface area contributed by atoms with Crippen molar-refractivity contribution < 1.29 is 0 Å². The highest BCUT2D eigenvalue weighted by Crippen LogP contribution is 2.07. The Kier molecular flexibility index (Phi) is 1.07. The Bertz CT molecular complexity index is 265. The zero-order chi connectivity index (χ0) is 6.97. The van der Waals surface area contributed by atoms with E-state index in [9.17, 15) is 0 Å². The lowest BCUT2D eigenvalue weighted by molar-refractivity contribution is 0.953. The van der Waals surface area contributed by atoms with E-state index in [1.54, 1.807) is 0 Å². The van der Waals surface area contributed by atoms with Crippen LogP contribution in [0, 0.1) is 0 Å². The second-order valence-corrected chi connectivity index (χ2v) is 2.25. The van der Waals surface area contributed by atoms with Gasteiger partial charge in [-0.25, -0.2) is 15.4 Å². The van der Waals surface area contributed by atoms with E-state index in [4.69, 9.17) is 12.2 Å². The lowest BCUT2D eigenvalue weighted by Crippen LogP contribution is -2.31. The molecule has 0 saturated carbocycles. The Morgan fingerprint density at radius 3 is 3.30 bits per heavy atom. The van der Waals surface area contributed by atoms with E-state index >= 15 is 0 Å². The number of fused-ring (bicyclic) bond motifs is 1. The molecular weight excluding hydrogens is 150 g/mol. The van der Waals surface area contributed by atoms with Crippen molar-refractivity contribution in [3.63, 3.8) is 0 Å². The van der Waals surface area contributed by atoms with Crippen LogP contribution in [0.4, 0.5) is 0 Å². The molecule has 1 atom stereocenters. The number of nitrogens with one attached hydrogen (secondary N) is 1. The van der Waals surface area contributed by atoms with Crippen LogP contribution in [0.5, 0.6) is 0 Å². The standard InChI is InChI=1S/C4H3N5S/c10-4-2-3(5-1-6-4)8-9-7-2/h1-2H,(H,5,6,7,8,10). The van der Waals surface area contributed by atoms with Crippen LogP contribution in [0.2, 0.25) is 0 Å². The fourth-order valence-corrected chi connectivity index (χ4v) is 0.944. The van der Waals surface area contributed by atoms with Gasteiger partial charge in [-0.15, -0.1) is 0 Å². The fraction of sp³-hybridized carbons (Fsp3) is 0.250. The third kappa shape index (κ3) is 0.655. The molecule has 0 amide bonds. The Balaban J connectivity index is 2.40. The van der Waals surface area contributed by atoms with Gasteiger partial charge in [0.2, 0.25) is 0 Å². The van der Waals surface area contributed by atoms with Crippen LogP contribution in [-0.2, 0) is 0 Å². The molecule has 0 aromatic heterocycles. The van der Waals surface area contributed by atoms with Gasteiger partial charge < -0.3 is 0 Å². The first-order chi connectivity index (χ1) is 4.88. The highest BCUT2D eigenvalue weighted by Gasteiger charge is 2.26. The van der Waals surface area contributed by atoms with Crippen LogP contribution in [0.15, 0.2) is 20.3 Å². The van der Waals surface area contributed by atoms with Gasteiger partial charge in [-0.2, -0.15) is 5.11 Å². The third-order valence-electron chi connectivity index (χ3n) is 1.21. The highest BCUT2D eigenvalue weighted by molar-refractivity contribution is 7.80.